The van der Waals surface area contributed by atoms with Gasteiger partial charge in [0.2, 0.25) is 0 Å². The molecule has 0 aliphatic rings. The summed E-state index contributed by atoms with van der Waals surface area (Å²) in [5.41, 5.74) is 0.0754. The molecule has 0 bridgehead atoms. The third kappa shape index (κ3) is 5.04. The van der Waals surface area contributed by atoms with Gasteiger partial charge in [-0.05, 0) is 30.1 Å². The number of hydrogen-bond donors (Lipinski definition) is 2. The Labute approximate surface area is 121 Å². The van der Waals surface area contributed by atoms with Gasteiger partial charge in [-0.25, -0.2) is 9.59 Å². The Hall–Kier alpha value is -1.83. The lowest BCUT2D eigenvalue weighted by molar-refractivity contribution is -0.137. The molecule has 1 aromatic heterocycles. The number of carboxylic acids is 1. The van der Waals surface area contributed by atoms with E-state index in [0.717, 1.165) is 11.5 Å². The molecule has 1 atom stereocenters. The summed E-state index contributed by atoms with van der Waals surface area (Å²) in [6.07, 6.45) is 0.480. The number of nitrogens with zero attached hydrogens (tertiary/aromatic N) is 2. The van der Waals surface area contributed by atoms with E-state index in [1.165, 1.54) is 19.2 Å². The molecule has 0 fully saturated rings. The second kappa shape index (κ2) is 8.36. The fourth-order valence-electron chi connectivity index (χ4n) is 1.40. The third-order valence-electron chi connectivity index (χ3n) is 2.43. The number of carbonyl (C=O) groups is 2. The minimum absolute atomic E-state index is 0.0754. The van der Waals surface area contributed by atoms with Gasteiger partial charge in [-0.15, -0.1) is 10.2 Å². The zero-order valence-corrected chi connectivity index (χ0v) is 12.1. The minimum atomic E-state index is -0.944. The molecule has 0 amide bonds. The van der Waals surface area contributed by atoms with E-state index in [2.05, 4.69) is 20.3 Å². The summed E-state index contributed by atoms with van der Waals surface area (Å²) in [5, 5.41) is 19.3. The van der Waals surface area contributed by atoms with Gasteiger partial charge in [-0.1, -0.05) is 6.92 Å². The number of aromatic nitrogens is 2. The maximum Gasteiger partial charge on any atom is 0.358 e. The van der Waals surface area contributed by atoms with Gasteiger partial charge in [0.1, 0.15) is 11.9 Å². The molecule has 1 heterocycles. The fourth-order valence-corrected chi connectivity index (χ4v) is 2.10. The van der Waals surface area contributed by atoms with Crippen LogP contribution < -0.4 is 5.32 Å². The first kappa shape index (κ1) is 16.2. The van der Waals surface area contributed by atoms with Crippen molar-refractivity contribution in [3.63, 3.8) is 0 Å². The molecule has 1 aromatic rings. The van der Waals surface area contributed by atoms with Crippen LogP contribution in [0, 0.1) is 0 Å². The van der Waals surface area contributed by atoms with Crippen LogP contribution >= 0.6 is 11.8 Å². The number of carboxylic acid groups (broad SMARTS) is 1. The number of thioether (sulfide) groups is 1. The summed E-state index contributed by atoms with van der Waals surface area (Å²) >= 11 is 1.67. The summed E-state index contributed by atoms with van der Waals surface area (Å²) in [4.78, 5) is 22.3. The Kier molecular flexibility index (Phi) is 6.78. The number of anilines is 1. The average Bonchev–Trinajstić information content (AvgIpc) is 2.46. The Bertz CT molecular complexity index is 453. The van der Waals surface area contributed by atoms with Crippen molar-refractivity contribution in [1.82, 2.24) is 10.2 Å². The summed E-state index contributed by atoms with van der Waals surface area (Å²) < 4.78 is 4.50. The van der Waals surface area contributed by atoms with Gasteiger partial charge < -0.3 is 15.2 Å². The van der Waals surface area contributed by atoms with Crippen LogP contribution in [0.3, 0.4) is 0 Å². The normalized spacial score (nSPS) is 11.7. The zero-order valence-electron chi connectivity index (χ0n) is 11.3. The predicted octanol–water partition coefficient (Wildman–Crippen LogP) is 1.27. The summed E-state index contributed by atoms with van der Waals surface area (Å²) in [6.45, 7) is 2.02. The van der Waals surface area contributed by atoms with Crippen molar-refractivity contribution < 1.29 is 19.4 Å². The Morgan fingerprint density at radius 1 is 1.45 bits per heavy atom. The van der Waals surface area contributed by atoms with Gasteiger partial charge in [0.05, 0.1) is 7.11 Å². The molecule has 20 heavy (non-hydrogen) atoms. The highest BCUT2D eigenvalue weighted by Crippen LogP contribution is 2.10. The van der Waals surface area contributed by atoms with Crippen molar-refractivity contribution in [3.05, 3.63) is 17.8 Å². The van der Waals surface area contributed by atoms with Crippen molar-refractivity contribution in [3.8, 4) is 0 Å². The molecule has 8 heteroatoms. The molecule has 1 rings (SSSR count). The van der Waals surface area contributed by atoms with Gasteiger partial charge >= 0.3 is 11.9 Å². The molecular formula is C12H17N3O4S. The average molecular weight is 299 g/mol. The number of rotatable bonds is 8. The molecule has 7 nitrogen and oxygen atoms in total. The van der Waals surface area contributed by atoms with Crippen LogP contribution in [0.1, 0.15) is 23.8 Å². The summed E-state index contributed by atoms with van der Waals surface area (Å²) in [6, 6.07) is 2.20. The topological polar surface area (TPSA) is 101 Å². The molecule has 0 aliphatic carbocycles. The molecule has 0 saturated heterocycles. The molecular weight excluding hydrogens is 282 g/mol. The maximum absolute atomic E-state index is 11.2. The lowest BCUT2D eigenvalue weighted by Crippen LogP contribution is -2.30. The van der Waals surface area contributed by atoms with E-state index >= 15 is 0 Å². The van der Waals surface area contributed by atoms with Crippen molar-refractivity contribution in [2.45, 2.75) is 19.4 Å². The van der Waals surface area contributed by atoms with E-state index in [4.69, 9.17) is 5.11 Å². The number of aliphatic carboxylic acids is 1. The highest BCUT2D eigenvalue weighted by atomic mass is 32.2. The minimum Gasteiger partial charge on any atom is -0.480 e. The van der Waals surface area contributed by atoms with Crippen molar-refractivity contribution in [1.29, 1.82) is 0 Å². The van der Waals surface area contributed by atoms with E-state index in [-0.39, 0.29) is 5.69 Å². The Morgan fingerprint density at radius 3 is 2.70 bits per heavy atom. The Balaban J connectivity index is 2.64. The number of hydrogen-bond acceptors (Lipinski definition) is 7. The third-order valence-corrected chi connectivity index (χ3v) is 3.37. The smallest absolute Gasteiger partial charge is 0.358 e. The number of esters is 1. The molecule has 110 valence electrons. The molecule has 0 aliphatic heterocycles. The quantitative estimate of drug-likeness (QED) is 0.546. The molecule has 0 spiro atoms. The number of carbonyl (C=O) groups excluding carboxylic acids is 1. The SMILES string of the molecule is CCSCCC(Nc1ccc(C(=O)OC)nn1)C(=O)O. The van der Waals surface area contributed by atoms with Crippen LogP contribution in [0.2, 0.25) is 0 Å². The van der Waals surface area contributed by atoms with E-state index in [1.54, 1.807) is 11.8 Å². The van der Waals surface area contributed by atoms with Gasteiger partial charge in [0, 0.05) is 0 Å². The van der Waals surface area contributed by atoms with Crippen LogP contribution in [-0.4, -0.2) is 51.9 Å². The predicted molar refractivity (Wildman–Crippen MR) is 76.0 cm³/mol. The van der Waals surface area contributed by atoms with Gasteiger partial charge in [-0.2, -0.15) is 11.8 Å². The zero-order chi connectivity index (χ0) is 15.0. The highest BCUT2D eigenvalue weighted by Gasteiger charge is 2.17. The largest absolute Gasteiger partial charge is 0.480 e. The highest BCUT2D eigenvalue weighted by molar-refractivity contribution is 7.99. The molecule has 0 radical (unpaired) electrons. The van der Waals surface area contributed by atoms with Gasteiger partial charge in [-0.3, -0.25) is 0 Å². The monoisotopic (exact) mass is 299 g/mol. The molecule has 0 aromatic carbocycles. The molecule has 2 N–H and O–H groups in total. The van der Waals surface area contributed by atoms with E-state index < -0.39 is 18.0 Å². The first-order chi connectivity index (χ1) is 9.58. The van der Waals surface area contributed by atoms with E-state index in [0.29, 0.717) is 12.2 Å². The number of methoxy groups -OCH3 is 1. The molecule has 1 unspecified atom stereocenters. The summed E-state index contributed by atoms with van der Waals surface area (Å²) in [7, 11) is 1.25. The second-order valence-corrected chi connectivity index (χ2v) is 5.21. The Morgan fingerprint density at radius 2 is 2.20 bits per heavy atom. The van der Waals surface area contributed by atoms with Crippen LogP contribution in [0.5, 0.6) is 0 Å². The lowest BCUT2D eigenvalue weighted by Gasteiger charge is -2.14. The lowest BCUT2D eigenvalue weighted by atomic mass is 10.2. The van der Waals surface area contributed by atoms with Crippen molar-refractivity contribution in [2.24, 2.45) is 0 Å². The van der Waals surface area contributed by atoms with Gasteiger partial charge in [0.25, 0.3) is 0 Å². The van der Waals surface area contributed by atoms with E-state index in [9.17, 15) is 9.59 Å². The second-order valence-electron chi connectivity index (χ2n) is 3.82. The maximum atomic E-state index is 11.2. The summed E-state index contributed by atoms with van der Waals surface area (Å²) in [5.74, 6) is 0.471. The van der Waals surface area contributed by atoms with Crippen LogP contribution in [0.15, 0.2) is 12.1 Å². The van der Waals surface area contributed by atoms with Crippen LogP contribution in [0.4, 0.5) is 5.82 Å². The standard InChI is InChI=1S/C12H17N3O4S/c1-3-20-7-6-8(11(16)17)13-10-5-4-9(14-15-10)12(18)19-2/h4-5,8H,3,6-7H2,1-2H3,(H,13,15)(H,16,17). The number of nitrogens with one attached hydrogen (secondary N) is 1. The van der Waals surface area contributed by atoms with E-state index in [1.807, 2.05) is 6.92 Å². The first-order valence-electron chi connectivity index (χ1n) is 6.07. The fraction of sp³-hybridized carbons (Fsp3) is 0.500. The first-order valence-corrected chi connectivity index (χ1v) is 7.23. The van der Waals surface area contributed by atoms with Crippen molar-refractivity contribution >= 4 is 29.5 Å². The molecule has 0 saturated carbocycles. The van der Waals surface area contributed by atoms with Crippen LogP contribution in [-0.2, 0) is 9.53 Å². The number of ether oxygens (including phenoxy) is 1. The van der Waals surface area contributed by atoms with Gasteiger partial charge in [0.15, 0.2) is 5.69 Å². The van der Waals surface area contributed by atoms with Crippen LogP contribution in [0.25, 0.3) is 0 Å². The van der Waals surface area contributed by atoms with Crippen molar-refractivity contribution in [2.75, 3.05) is 23.9 Å².